The maximum absolute atomic E-state index is 14.3. The molecule has 4 amide bonds. The average molecular weight is 810 g/mol. The van der Waals surface area contributed by atoms with Gasteiger partial charge in [0.1, 0.15) is 30.0 Å². The van der Waals surface area contributed by atoms with Crippen molar-refractivity contribution in [3.63, 3.8) is 0 Å². The number of fused-ring (bicyclic) bond motifs is 2. The zero-order valence-corrected chi connectivity index (χ0v) is 34.8. The summed E-state index contributed by atoms with van der Waals surface area (Å²) in [6.07, 6.45) is 11.2. The lowest BCUT2D eigenvalue weighted by molar-refractivity contribution is -0.162. The van der Waals surface area contributed by atoms with Crippen LogP contribution in [0.4, 0.5) is 0 Å². The molecular formula is C43H63N5O10. The molecule has 0 aromatic heterocycles. The molecule has 15 nitrogen and oxygen atoms in total. The molecule has 2 heterocycles. The highest BCUT2D eigenvalue weighted by Crippen LogP contribution is 2.24. The van der Waals surface area contributed by atoms with Crippen molar-refractivity contribution in [1.82, 2.24) is 26.1 Å². The van der Waals surface area contributed by atoms with E-state index in [2.05, 4.69) is 16.1 Å². The molecule has 1 saturated heterocycles. The van der Waals surface area contributed by atoms with Crippen LogP contribution in [0.25, 0.3) is 0 Å². The number of ether oxygens (including phenoxy) is 1. The van der Waals surface area contributed by atoms with Gasteiger partial charge in [-0.2, -0.15) is 0 Å². The van der Waals surface area contributed by atoms with Crippen LogP contribution >= 0.6 is 0 Å². The summed E-state index contributed by atoms with van der Waals surface area (Å²) in [7, 11) is 2.85. The Kier molecular flexibility index (Phi) is 19.3. The number of nitrogens with one attached hydrogen (secondary N) is 3. The number of carbonyl (C=O) groups excluding carboxylic acids is 5. The number of nitrogens with zero attached hydrogens (tertiary/aromatic N) is 2. The van der Waals surface area contributed by atoms with Crippen LogP contribution < -0.4 is 16.1 Å². The van der Waals surface area contributed by atoms with Gasteiger partial charge in [-0.1, -0.05) is 69.4 Å². The number of hydrogen-bond donors (Lipinski definition) is 6. The molecule has 6 N–H and O–H groups in total. The van der Waals surface area contributed by atoms with Gasteiger partial charge in [0.2, 0.25) is 11.8 Å². The van der Waals surface area contributed by atoms with E-state index in [9.17, 15) is 39.3 Å². The number of esters is 1. The summed E-state index contributed by atoms with van der Waals surface area (Å²) in [6, 6.07) is 3.15. The van der Waals surface area contributed by atoms with E-state index in [0.29, 0.717) is 30.4 Å². The monoisotopic (exact) mass is 809 g/mol. The topological polar surface area (TPSA) is 207 Å². The van der Waals surface area contributed by atoms with Crippen LogP contribution in [0.3, 0.4) is 0 Å². The van der Waals surface area contributed by atoms with Gasteiger partial charge in [0.25, 0.3) is 11.8 Å². The quantitative estimate of drug-likeness (QED) is 0.0876. The number of likely N-dealkylation sites (N-methyl/N-ethyl adjacent to an activating group) is 1. The molecule has 2 bridgehead atoms. The number of aliphatic hydroxyl groups excluding tert-OH is 2. The van der Waals surface area contributed by atoms with Crippen molar-refractivity contribution < 1.29 is 48.9 Å². The van der Waals surface area contributed by atoms with Crippen LogP contribution in [-0.4, -0.2) is 112 Å². The fourth-order valence-electron chi connectivity index (χ4n) is 6.68. The highest BCUT2D eigenvalue weighted by Gasteiger charge is 2.38. The summed E-state index contributed by atoms with van der Waals surface area (Å²) in [6.45, 7) is 8.94. The molecule has 1 aromatic carbocycles. The third-order valence-corrected chi connectivity index (χ3v) is 10.4. The van der Waals surface area contributed by atoms with Crippen molar-refractivity contribution in [2.45, 2.75) is 116 Å². The lowest BCUT2D eigenvalue weighted by Gasteiger charge is -2.36. The number of cyclic esters (lactones) is 1. The molecule has 0 saturated carbocycles. The maximum atomic E-state index is 14.3. The SMILES string of the molecule is CON(C)C(=O)/C=C/C=C(\C)[C@@H]1C/C=C/C=C/C[C@H](C)C(O)[C@@H](CCC(C)O)C(=O)NC(C(C)C)C(=O)NC(Cc2cccc(O)c2)C(=O)N2CCCC(N2)C(=O)O1. The van der Waals surface area contributed by atoms with Crippen LogP contribution in [0, 0.1) is 17.8 Å². The number of benzene rings is 1. The molecule has 1 fully saturated rings. The largest absolute Gasteiger partial charge is 0.508 e. The first-order chi connectivity index (χ1) is 27.5. The van der Waals surface area contributed by atoms with Gasteiger partial charge in [-0.05, 0) is 81.1 Å². The Hall–Kier alpha value is -4.83. The Labute approximate surface area is 342 Å². The highest BCUT2D eigenvalue weighted by atomic mass is 16.7. The molecule has 8 atom stereocenters. The number of hydroxylamine groups is 2. The number of hydrogen-bond acceptors (Lipinski definition) is 11. The fourth-order valence-corrected chi connectivity index (χ4v) is 6.68. The molecule has 5 unspecified atom stereocenters. The third-order valence-electron chi connectivity index (χ3n) is 10.4. The molecule has 58 heavy (non-hydrogen) atoms. The van der Waals surface area contributed by atoms with Crippen molar-refractivity contribution >= 4 is 29.6 Å². The van der Waals surface area contributed by atoms with E-state index in [1.54, 1.807) is 58.1 Å². The fraction of sp³-hybridized carbons (Fsp3) is 0.558. The second-order valence-electron chi connectivity index (χ2n) is 15.5. The molecule has 0 radical (unpaired) electrons. The van der Waals surface area contributed by atoms with Crippen LogP contribution in [0.2, 0.25) is 0 Å². The van der Waals surface area contributed by atoms with Gasteiger partial charge in [0.05, 0.1) is 25.2 Å². The Bertz CT molecular complexity index is 1670. The summed E-state index contributed by atoms with van der Waals surface area (Å²) >= 11 is 0. The van der Waals surface area contributed by atoms with E-state index in [1.807, 2.05) is 19.1 Å². The lowest BCUT2D eigenvalue weighted by Crippen LogP contribution is -2.62. The third kappa shape index (κ3) is 14.8. The second-order valence-corrected chi connectivity index (χ2v) is 15.5. The zero-order chi connectivity index (χ0) is 42.9. The van der Waals surface area contributed by atoms with E-state index in [-0.39, 0.29) is 49.8 Å². The summed E-state index contributed by atoms with van der Waals surface area (Å²) in [5.41, 5.74) is 4.22. The number of phenolic OH excluding ortho intramolecular Hbond substituents is 1. The Morgan fingerprint density at radius 1 is 1.09 bits per heavy atom. The standard InChI is InChI=1S/C43H63N5O10/c1-27(2)38-41(54)44-35(26-31-17-13-18-32(50)25-31)42(55)48-24-14-19-34(46-48)43(56)58-36(28(3)16-12-21-37(51)47(6)57-7)20-11-9-8-10-15-29(4)39(52)33(40(53)45-38)23-22-30(5)49/h8-13,16-18,21,25,27,29-30,33-36,38-39,46,49-50,52H,14-15,19-20,22-24,26H2,1-7H3,(H,44,54)(H,45,53)/b10-8+,11-9+,21-12+,28-16+/t29-,30?,33+,34?,35?,36-,38?,39?/m0/s1. The second kappa shape index (κ2) is 23.5. The minimum Gasteiger partial charge on any atom is -0.508 e. The number of hydrazine groups is 1. The van der Waals surface area contributed by atoms with Crippen LogP contribution in [-0.2, 0) is 40.0 Å². The van der Waals surface area contributed by atoms with E-state index in [1.165, 1.54) is 43.5 Å². The van der Waals surface area contributed by atoms with Gasteiger partial charge in [-0.3, -0.25) is 33.8 Å². The molecular weight excluding hydrogens is 746 g/mol. The number of aliphatic hydroxyl groups is 2. The van der Waals surface area contributed by atoms with Gasteiger partial charge in [-0.25, -0.2) is 10.5 Å². The predicted molar refractivity (Wildman–Crippen MR) is 218 cm³/mol. The predicted octanol–water partition coefficient (Wildman–Crippen LogP) is 3.17. The maximum Gasteiger partial charge on any atom is 0.325 e. The molecule has 2 aliphatic rings. The van der Waals surface area contributed by atoms with Gasteiger partial charge in [0, 0.05) is 32.5 Å². The zero-order valence-electron chi connectivity index (χ0n) is 34.8. The van der Waals surface area contributed by atoms with E-state index >= 15 is 0 Å². The number of rotatable bonds is 10. The van der Waals surface area contributed by atoms with E-state index in [0.717, 1.165) is 5.06 Å². The molecule has 0 aliphatic carbocycles. The Morgan fingerprint density at radius 3 is 2.45 bits per heavy atom. The molecule has 15 heteroatoms. The Balaban J connectivity index is 2.04. The minimum atomic E-state index is -1.18. The van der Waals surface area contributed by atoms with Gasteiger partial charge in [-0.15, -0.1) is 0 Å². The minimum absolute atomic E-state index is 0.0135. The van der Waals surface area contributed by atoms with Gasteiger partial charge >= 0.3 is 5.97 Å². The molecule has 2 aliphatic heterocycles. The number of carbonyl (C=O) groups is 5. The van der Waals surface area contributed by atoms with Crippen molar-refractivity contribution in [1.29, 1.82) is 0 Å². The van der Waals surface area contributed by atoms with Crippen molar-refractivity contribution in [3.8, 4) is 5.75 Å². The first-order valence-electron chi connectivity index (χ1n) is 20.0. The van der Waals surface area contributed by atoms with Crippen molar-refractivity contribution in [2.24, 2.45) is 17.8 Å². The summed E-state index contributed by atoms with van der Waals surface area (Å²) < 4.78 is 6.03. The Morgan fingerprint density at radius 2 is 1.79 bits per heavy atom. The highest BCUT2D eigenvalue weighted by molar-refractivity contribution is 5.93. The first kappa shape index (κ1) is 47.5. The van der Waals surface area contributed by atoms with E-state index < -0.39 is 72.0 Å². The van der Waals surface area contributed by atoms with Gasteiger partial charge < -0.3 is 30.7 Å². The summed E-state index contributed by atoms with van der Waals surface area (Å²) in [5, 5.41) is 39.8. The van der Waals surface area contributed by atoms with Crippen molar-refractivity contribution in [2.75, 3.05) is 20.7 Å². The number of allylic oxidation sites excluding steroid dienone is 5. The average Bonchev–Trinajstić information content (AvgIpc) is 3.18. The smallest absolute Gasteiger partial charge is 0.325 e. The molecule has 0 spiro atoms. The molecule has 1 aromatic rings. The van der Waals surface area contributed by atoms with Crippen LogP contribution in [0.15, 0.2) is 72.4 Å². The normalized spacial score (nSPS) is 27.8. The molecule has 3 rings (SSSR count). The van der Waals surface area contributed by atoms with Gasteiger partial charge in [0.15, 0.2) is 0 Å². The van der Waals surface area contributed by atoms with E-state index in [4.69, 9.17) is 9.57 Å². The number of amides is 4. The summed E-state index contributed by atoms with van der Waals surface area (Å²) in [5.74, 6) is -4.46. The number of phenols is 1. The van der Waals surface area contributed by atoms with Crippen LogP contribution in [0.5, 0.6) is 5.75 Å². The summed E-state index contributed by atoms with van der Waals surface area (Å²) in [4.78, 5) is 73.2. The molecule has 320 valence electrons. The number of aromatic hydroxyl groups is 1. The van der Waals surface area contributed by atoms with Crippen LogP contribution in [0.1, 0.15) is 78.7 Å². The first-order valence-corrected chi connectivity index (χ1v) is 20.0. The lowest BCUT2D eigenvalue weighted by atomic mass is 9.85. The van der Waals surface area contributed by atoms with Crippen molar-refractivity contribution in [3.05, 3.63) is 77.9 Å².